The van der Waals surface area contributed by atoms with E-state index in [2.05, 4.69) is 62.1 Å². The molecule has 0 saturated carbocycles. The summed E-state index contributed by atoms with van der Waals surface area (Å²) in [5.74, 6) is 2.62. The number of benzene rings is 3. The minimum absolute atomic E-state index is 0.224. The van der Waals surface area contributed by atoms with Crippen molar-refractivity contribution in [1.82, 2.24) is 4.90 Å². The normalized spacial score (nSPS) is 19.9. The lowest BCUT2D eigenvalue weighted by molar-refractivity contribution is 0.169. The molecule has 1 N–H and O–H groups in total. The van der Waals surface area contributed by atoms with Crippen LogP contribution in [0.25, 0.3) is 11.1 Å². The lowest BCUT2D eigenvalue weighted by atomic mass is 9.86. The molecule has 0 aromatic heterocycles. The number of fused-ring (bicyclic) bond motifs is 1. The minimum Gasteiger partial charge on any atom is -0.508 e. The van der Waals surface area contributed by atoms with Crippen LogP contribution in [0.2, 0.25) is 0 Å². The number of rotatable bonds is 9. The molecule has 3 atom stereocenters. The van der Waals surface area contributed by atoms with Gasteiger partial charge in [0.05, 0.1) is 7.11 Å². The highest BCUT2D eigenvalue weighted by Gasteiger charge is 2.30. The first-order valence-electron chi connectivity index (χ1n) is 13.6. The highest BCUT2D eigenvalue weighted by atomic mass is 32.2. The molecule has 3 aromatic rings. The fourth-order valence-corrected chi connectivity index (χ4v) is 5.91. The molecule has 3 aromatic carbocycles. The first-order valence-corrected chi connectivity index (χ1v) is 14.3. The number of allylic oxidation sites excluding steroid dienone is 1. The van der Waals surface area contributed by atoms with E-state index < -0.39 is 0 Å². The van der Waals surface area contributed by atoms with Crippen LogP contribution in [-0.2, 0) is 4.18 Å². The van der Waals surface area contributed by atoms with Crippen molar-refractivity contribution in [3.8, 4) is 17.2 Å². The van der Waals surface area contributed by atoms with Gasteiger partial charge in [0.25, 0.3) is 0 Å². The molecule has 39 heavy (non-hydrogen) atoms. The van der Waals surface area contributed by atoms with Gasteiger partial charge in [0.15, 0.2) is 0 Å². The Morgan fingerprint density at radius 3 is 2.51 bits per heavy atom. The second kappa shape index (κ2) is 11.9. The zero-order valence-corrected chi connectivity index (χ0v) is 24.2. The number of hydrogen-bond donors (Lipinski definition) is 1. The highest BCUT2D eigenvalue weighted by Crippen LogP contribution is 2.47. The van der Waals surface area contributed by atoms with Crippen molar-refractivity contribution in [1.29, 1.82) is 0 Å². The van der Waals surface area contributed by atoms with Gasteiger partial charge in [0.1, 0.15) is 42.2 Å². The Labute approximate surface area is 236 Å². The monoisotopic (exact) mass is 546 g/mol. The molecule has 3 unspecified atom stereocenters. The van der Waals surface area contributed by atoms with Gasteiger partial charge in [-0.2, -0.15) is 0 Å². The van der Waals surface area contributed by atoms with Gasteiger partial charge in [0.2, 0.25) is 0 Å². The Morgan fingerprint density at radius 1 is 1.10 bits per heavy atom. The van der Waals surface area contributed by atoms with Gasteiger partial charge in [0, 0.05) is 36.5 Å². The van der Waals surface area contributed by atoms with Gasteiger partial charge in [-0.15, -0.1) is 0 Å². The summed E-state index contributed by atoms with van der Waals surface area (Å²) in [7, 11) is 3.63. The molecule has 2 aliphatic heterocycles. The van der Waals surface area contributed by atoms with Gasteiger partial charge in [-0.05, 0) is 91.9 Å². The third-order valence-corrected chi connectivity index (χ3v) is 8.34. The van der Waals surface area contributed by atoms with Gasteiger partial charge in [-0.3, -0.25) is 9.21 Å². The topological polar surface area (TPSA) is 54.4 Å². The Kier molecular flexibility index (Phi) is 8.40. The van der Waals surface area contributed by atoms with E-state index in [4.69, 9.17) is 13.7 Å². The van der Waals surface area contributed by atoms with Crippen molar-refractivity contribution in [2.75, 3.05) is 38.2 Å². The number of anilines is 1. The number of aromatic hydroxyl groups is 1. The molecular formula is C32H38N2O4S. The highest BCUT2D eigenvalue weighted by molar-refractivity contribution is 7.96. The molecule has 0 bridgehead atoms. The lowest BCUT2D eigenvalue weighted by Gasteiger charge is -2.31. The van der Waals surface area contributed by atoms with Gasteiger partial charge >= 0.3 is 0 Å². The molecule has 5 rings (SSSR count). The molecule has 7 heteroatoms. The van der Waals surface area contributed by atoms with E-state index in [-0.39, 0.29) is 11.9 Å². The molecule has 6 nitrogen and oxygen atoms in total. The summed E-state index contributed by atoms with van der Waals surface area (Å²) in [6.07, 6.45) is 0.974. The number of nitrogens with zero attached hydrogens (tertiary/aromatic N) is 2. The maximum Gasteiger partial charge on any atom is 0.150 e. The first kappa shape index (κ1) is 27.4. The van der Waals surface area contributed by atoms with Crippen molar-refractivity contribution in [3.63, 3.8) is 0 Å². The van der Waals surface area contributed by atoms with E-state index in [0.717, 1.165) is 64.0 Å². The van der Waals surface area contributed by atoms with Gasteiger partial charge in [-0.25, -0.2) is 0 Å². The minimum atomic E-state index is -0.293. The molecule has 0 spiro atoms. The summed E-state index contributed by atoms with van der Waals surface area (Å²) in [6, 6.07) is 22.3. The van der Waals surface area contributed by atoms with Crippen molar-refractivity contribution in [2.45, 2.75) is 39.3 Å². The van der Waals surface area contributed by atoms with Crippen molar-refractivity contribution in [2.24, 2.45) is 5.92 Å². The van der Waals surface area contributed by atoms with E-state index in [9.17, 15) is 5.11 Å². The lowest BCUT2D eigenvalue weighted by Crippen LogP contribution is -2.35. The molecule has 2 heterocycles. The summed E-state index contributed by atoms with van der Waals surface area (Å²) in [4.78, 5) is 2.51. The Bertz CT molecular complexity index is 1310. The average Bonchev–Trinajstić information content (AvgIpc) is 3.39. The molecule has 1 fully saturated rings. The average molecular weight is 547 g/mol. The van der Waals surface area contributed by atoms with E-state index in [1.54, 1.807) is 19.2 Å². The zero-order valence-electron chi connectivity index (χ0n) is 23.4. The summed E-state index contributed by atoms with van der Waals surface area (Å²) in [5.41, 5.74) is 6.22. The van der Waals surface area contributed by atoms with Crippen LogP contribution >= 0.6 is 12.2 Å². The molecule has 0 aliphatic carbocycles. The van der Waals surface area contributed by atoms with Crippen LogP contribution in [-0.4, -0.2) is 49.9 Å². The Morgan fingerprint density at radius 2 is 1.85 bits per heavy atom. The van der Waals surface area contributed by atoms with Crippen LogP contribution in [0.3, 0.4) is 0 Å². The molecule has 0 amide bonds. The maximum absolute atomic E-state index is 10.2. The van der Waals surface area contributed by atoms with Gasteiger partial charge in [-0.1, -0.05) is 31.2 Å². The fourth-order valence-electron chi connectivity index (χ4n) is 5.48. The van der Waals surface area contributed by atoms with Crippen molar-refractivity contribution in [3.05, 3.63) is 83.4 Å². The number of phenols is 1. The van der Waals surface area contributed by atoms with E-state index in [1.165, 1.54) is 18.6 Å². The summed E-state index contributed by atoms with van der Waals surface area (Å²) in [5, 5.41) is 10.2. The van der Waals surface area contributed by atoms with Crippen LogP contribution in [0, 0.1) is 5.92 Å². The Hall–Kier alpha value is -3.13. The third kappa shape index (κ3) is 6.06. The SMILES string of the molecule is COSN(C)c1ccc(C2=C(C)c3cc(O)ccc3OC2c2ccc(OCC(C)N3CCC(C)C3)cc2)cc1. The van der Waals surface area contributed by atoms with Crippen LogP contribution in [0.15, 0.2) is 66.7 Å². The van der Waals surface area contributed by atoms with Crippen molar-refractivity contribution < 1.29 is 18.8 Å². The smallest absolute Gasteiger partial charge is 0.150 e. The van der Waals surface area contributed by atoms with E-state index >= 15 is 0 Å². The second-order valence-corrected chi connectivity index (χ2v) is 11.7. The Balaban J connectivity index is 1.40. The fraction of sp³-hybridized carbons (Fsp3) is 0.375. The third-order valence-electron chi connectivity index (χ3n) is 7.76. The standard InChI is InChI=1S/C32H38N2O4S/c1-21-16-17-34(19-21)22(2)20-37-28-13-8-25(9-14-28)32-31(23(3)29-18-27(35)12-15-30(29)38-32)24-6-10-26(11-7-24)33(4)39-36-5/h6-15,18,21-22,32,35H,16-17,19-20H2,1-5H3. The van der Waals surface area contributed by atoms with Crippen LogP contribution in [0.5, 0.6) is 17.2 Å². The largest absolute Gasteiger partial charge is 0.508 e. The van der Waals surface area contributed by atoms with Crippen LogP contribution in [0.1, 0.15) is 50.0 Å². The molecule has 0 radical (unpaired) electrons. The van der Waals surface area contributed by atoms with Crippen LogP contribution < -0.4 is 13.8 Å². The molecule has 1 saturated heterocycles. The molecular weight excluding hydrogens is 508 g/mol. The predicted molar refractivity (Wildman–Crippen MR) is 160 cm³/mol. The second-order valence-electron chi connectivity index (χ2n) is 10.6. The maximum atomic E-state index is 10.2. The number of hydrogen-bond acceptors (Lipinski definition) is 7. The molecule has 206 valence electrons. The number of likely N-dealkylation sites (tertiary alicyclic amines) is 1. The molecule has 2 aliphatic rings. The quantitative estimate of drug-likeness (QED) is 0.225. The number of ether oxygens (including phenoxy) is 2. The zero-order chi connectivity index (χ0) is 27.5. The number of phenolic OH excluding ortho intramolecular Hbond substituents is 1. The summed E-state index contributed by atoms with van der Waals surface area (Å²) >= 11 is 1.28. The van der Waals surface area contributed by atoms with E-state index in [0.29, 0.717) is 12.6 Å². The first-order chi connectivity index (χ1) is 18.8. The van der Waals surface area contributed by atoms with Crippen LogP contribution in [0.4, 0.5) is 5.69 Å². The van der Waals surface area contributed by atoms with Crippen molar-refractivity contribution >= 4 is 29.1 Å². The van der Waals surface area contributed by atoms with Gasteiger partial charge < -0.3 is 18.8 Å². The van der Waals surface area contributed by atoms with E-state index in [1.807, 2.05) is 29.6 Å². The summed E-state index contributed by atoms with van der Waals surface area (Å²) in [6.45, 7) is 9.64. The predicted octanol–water partition coefficient (Wildman–Crippen LogP) is 7.21. The summed E-state index contributed by atoms with van der Waals surface area (Å²) < 4.78 is 19.9.